The third-order valence-corrected chi connectivity index (χ3v) is 3.08. The minimum absolute atomic E-state index is 0.285. The van der Waals surface area contributed by atoms with Crippen molar-refractivity contribution < 1.29 is 4.39 Å². The molecule has 0 heterocycles. The zero-order chi connectivity index (χ0) is 13.0. The zero-order valence-corrected chi connectivity index (χ0v) is 11.0. The molecule has 18 heavy (non-hydrogen) atoms. The summed E-state index contributed by atoms with van der Waals surface area (Å²) >= 11 is 3.14. The Hall–Kier alpha value is -1.86. The Morgan fingerprint density at radius 3 is 2.78 bits per heavy atom. The highest BCUT2D eigenvalue weighted by Crippen LogP contribution is 2.20. The normalized spacial score (nSPS) is 9.83. The molecule has 0 aliphatic heterocycles. The maximum atomic E-state index is 13.0. The molecule has 0 saturated heterocycles. The van der Waals surface area contributed by atoms with Gasteiger partial charge in [0.1, 0.15) is 5.82 Å². The lowest BCUT2D eigenvalue weighted by atomic mass is 10.1. The van der Waals surface area contributed by atoms with E-state index in [2.05, 4.69) is 27.3 Å². The minimum atomic E-state index is -0.285. The molecular weight excluding hydrogens is 295 g/mol. The average Bonchev–Trinajstić information content (AvgIpc) is 2.40. The molecular formula is C14H10BrFN2. The van der Waals surface area contributed by atoms with E-state index < -0.39 is 0 Å². The van der Waals surface area contributed by atoms with Gasteiger partial charge in [-0.3, -0.25) is 0 Å². The minimum Gasteiger partial charge on any atom is -0.381 e. The van der Waals surface area contributed by atoms with E-state index in [1.54, 1.807) is 18.2 Å². The van der Waals surface area contributed by atoms with Crippen molar-refractivity contribution >= 4 is 21.6 Å². The first kappa shape index (κ1) is 12.6. The van der Waals surface area contributed by atoms with Gasteiger partial charge >= 0.3 is 0 Å². The van der Waals surface area contributed by atoms with Gasteiger partial charge in [-0.05, 0) is 51.8 Å². The van der Waals surface area contributed by atoms with Crippen molar-refractivity contribution in [2.24, 2.45) is 0 Å². The zero-order valence-electron chi connectivity index (χ0n) is 9.45. The fourth-order valence-electron chi connectivity index (χ4n) is 1.56. The van der Waals surface area contributed by atoms with Crippen LogP contribution in [-0.2, 0) is 6.54 Å². The van der Waals surface area contributed by atoms with Crippen molar-refractivity contribution in [1.82, 2.24) is 0 Å². The summed E-state index contributed by atoms with van der Waals surface area (Å²) in [7, 11) is 0. The van der Waals surface area contributed by atoms with Gasteiger partial charge in [0, 0.05) is 12.2 Å². The van der Waals surface area contributed by atoms with Gasteiger partial charge in [-0.1, -0.05) is 12.1 Å². The van der Waals surface area contributed by atoms with Crippen LogP contribution in [0.25, 0.3) is 0 Å². The highest BCUT2D eigenvalue weighted by Gasteiger charge is 2.00. The van der Waals surface area contributed by atoms with E-state index in [0.29, 0.717) is 16.6 Å². The molecule has 2 nitrogen and oxygen atoms in total. The van der Waals surface area contributed by atoms with Gasteiger partial charge in [-0.2, -0.15) is 5.26 Å². The summed E-state index contributed by atoms with van der Waals surface area (Å²) in [5.74, 6) is -0.285. The SMILES string of the molecule is N#Cc1cccc(CNc2ccc(F)c(Br)c2)c1. The summed E-state index contributed by atoms with van der Waals surface area (Å²) in [6.45, 7) is 0.591. The second-order valence-corrected chi connectivity index (χ2v) is 4.65. The molecule has 0 bridgehead atoms. The number of benzene rings is 2. The molecule has 0 aliphatic rings. The van der Waals surface area contributed by atoms with Crippen LogP contribution in [0.4, 0.5) is 10.1 Å². The molecule has 2 aromatic carbocycles. The summed E-state index contributed by atoms with van der Waals surface area (Å²) < 4.78 is 13.5. The van der Waals surface area contributed by atoms with Crippen LogP contribution in [0, 0.1) is 17.1 Å². The highest BCUT2D eigenvalue weighted by molar-refractivity contribution is 9.10. The molecule has 0 aliphatic carbocycles. The van der Waals surface area contributed by atoms with Gasteiger partial charge in [0.15, 0.2) is 0 Å². The third kappa shape index (κ3) is 3.08. The number of hydrogen-bond donors (Lipinski definition) is 1. The average molecular weight is 305 g/mol. The fourth-order valence-corrected chi connectivity index (χ4v) is 1.94. The first-order chi connectivity index (χ1) is 8.69. The van der Waals surface area contributed by atoms with Crippen LogP contribution in [0.1, 0.15) is 11.1 Å². The van der Waals surface area contributed by atoms with Gasteiger partial charge in [0.2, 0.25) is 0 Å². The lowest BCUT2D eigenvalue weighted by molar-refractivity contribution is 0.621. The lowest BCUT2D eigenvalue weighted by Crippen LogP contribution is -1.99. The van der Waals surface area contributed by atoms with Crippen LogP contribution in [0.3, 0.4) is 0 Å². The van der Waals surface area contributed by atoms with E-state index >= 15 is 0 Å². The molecule has 0 aromatic heterocycles. The second-order valence-electron chi connectivity index (χ2n) is 3.79. The van der Waals surface area contributed by atoms with Gasteiger partial charge in [-0.25, -0.2) is 4.39 Å². The second kappa shape index (κ2) is 5.65. The summed E-state index contributed by atoms with van der Waals surface area (Å²) in [5.41, 5.74) is 2.47. The lowest BCUT2D eigenvalue weighted by Gasteiger charge is -2.07. The van der Waals surface area contributed by atoms with E-state index in [9.17, 15) is 4.39 Å². The number of halogens is 2. The van der Waals surface area contributed by atoms with Gasteiger partial charge in [0.25, 0.3) is 0 Å². The number of nitrogens with zero attached hydrogens (tertiary/aromatic N) is 1. The topological polar surface area (TPSA) is 35.8 Å². The Kier molecular flexibility index (Phi) is 3.96. The number of anilines is 1. The van der Waals surface area contributed by atoms with Gasteiger partial charge < -0.3 is 5.32 Å². The van der Waals surface area contributed by atoms with Crippen LogP contribution in [-0.4, -0.2) is 0 Å². The smallest absolute Gasteiger partial charge is 0.137 e. The maximum absolute atomic E-state index is 13.0. The van der Waals surface area contributed by atoms with Crippen LogP contribution in [0.15, 0.2) is 46.9 Å². The van der Waals surface area contributed by atoms with E-state index in [1.807, 2.05) is 18.2 Å². The summed E-state index contributed by atoms with van der Waals surface area (Å²) in [5, 5.41) is 12.0. The number of nitrogens with one attached hydrogen (secondary N) is 1. The van der Waals surface area contributed by atoms with Gasteiger partial charge in [0.05, 0.1) is 16.1 Å². The first-order valence-electron chi connectivity index (χ1n) is 5.37. The van der Waals surface area contributed by atoms with Crippen molar-refractivity contribution in [1.29, 1.82) is 5.26 Å². The number of rotatable bonds is 3. The predicted octanol–water partition coefficient (Wildman–Crippen LogP) is 4.07. The standard InChI is InChI=1S/C14H10BrFN2/c15-13-7-12(4-5-14(13)16)18-9-11-3-1-2-10(6-11)8-17/h1-7,18H,9H2. The van der Waals surface area contributed by atoms with E-state index in [0.717, 1.165) is 11.3 Å². The van der Waals surface area contributed by atoms with Crippen LogP contribution < -0.4 is 5.32 Å². The molecule has 0 atom stereocenters. The van der Waals surface area contributed by atoms with Crippen LogP contribution in [0.2, 0.25) is 0 Å². The van der Waals surface area contributed by atoms with Crippen molar-refractivity contribution in [3.8, 4) is 6.07 Å². The molecule has 4 heteroatoms. The molecule has 0 fully saturated rings. The van der Waals surface area contributed by atoms with Crippen molar-refractivity contribution in [2.75, 3.05) is 5.32 Å². The highest BCUT2D eigenvalue weighted by atomic mass is 79.9. The molecule has 0 unspecified atom stereocenters. The molecule has 0 saturated carbocycles. The monoisotopic (exact) mass is 304 g/mol. The Morgan fingerprint density at radius 2 is 2.06 bits per heavy atom. The molecule has 90 valence electrons. The first-order valence-corrected chi connectivity index (χ1v) is 6.16. The molecule has 1 N–H and O–H groups in total. The number of nitriles is 1. The molecule has 0 spiro atoms. The number of hydrogen-bond acceptors (Lipinski definition) is 2. The van der Waals surface area contributed by atoms with E-state index in [-0.39, 0.29) is 5.82 Å². The fraction of sp³-hybridized carbons (Fsp3) is 0.0714. The molecule has 2 rings (SSSR count). The summed E-state index contributed by atoms with van der Waals surface area (Å²) in [4.78, 5) is 0. The van der Waals surface area contributed by atoms with Crippen LogP contribution in [0.5, 0.6) is 0 Å². The van der Waals surface area contributed by atoms with Gasteiger partial charge in [-0.15, -0.1) is 0 Å². The maximum Gasteiger partial charge on any atom is 0.137 e. The van der Waals surface area contributed by atoms with Crippen molar-refractivity contribution in [3.63, 3.8) is 0 Å². The Balaban J connectivity index is 2.07. The largest absolute Gasteiger partial charge is 0.381 e. The Labute approximate surface area is 113 Å². The van der Waals surface area contributed by atoms with E-state index in [1.165, 1.54) is 6.07 Å². The van der Waals surface area contributed by atoms with E-state index in [4.69, 9.17) is 5.26 Å². The Morgan fingerprint density at radius 1 is 1.22 bits per heavy atom. The summed E-state index contributed by atoms with van der Waals surface area (Å²) in [6.07, 6.45) is 0. The Bertz CT molecular complexity index is 605. The molecule has 2 aromatic rings. The molecule has 0 amide bonds. The summed E-state index contributed by atoms with van der Waals surface area (Å²) in [6, 6.07) is 14.2. The molecule has 0 radical (unpaired) electrons. The predicted molar refractivity (Wildman–Crippen MR) is 72.6 cm³/mol. The van der Waals surface area contributed by atoms with Crippen molar-refractivity contribution in [3.05, 3.63) is 63.9 Å². The quantitative estimate of drug-likeness (QED) is 0.927. The van der Waals surface area contributed by atoms with Crippen molar-refractivity contribution in [2.45, 2.75) is 6.54 Å². The van der Waals surface area contributed by atoms with Crippen LogP contribution >= 0.6 is 15.9 Å². The third-order valence-electron chi connectivity index (χ3n) is 2.47.